The second kappa shape index (κ2) is 9.95. The van der Waals surface area contributed by atoms with Crippen LogP contribution in [0.4, 0.5) is 11.4 Å². The standard InChI is InChI=1S/C22H24N2O4S2/c1-15(2)21(30-20-12-8-18(9-13-20)24(27)28)14-22(4,5)16(3)29-19-10-6-17(7-11-19)23(25)26/h6-13H,3,14H2,1-2,4-5H3. The van der Waals surface area contributed by atoms with E-state index in [0.717, 1.165) is 21.1 Å². The number of rotatable bonds is 9. The van der Waals surface area contributed by atoms with Crippen LogP contribution in [0, 0.1) is 25.6 Å². The lowest BCUT2D eigenvalue weighted by Crippen LogP contribution is -2.13. The van der Waals surface area contributed by atoms with Crippen molar-refractivity contribution in [2.45, 2.75) is 43.9 Å². The van der Waals surface area contributed by atoms with Crippen LogP contribution in [-0.2, 0) is 0 Å². The first-order valence-electron chi connectivity index (χ1n) is 9.20. The van der Waals surface area contributed by atoms with Gasteiger partial charge in [-0.2, -0.15) is 0 Å². The van der Waals surface area contributed by atoms with Crippen LogP contribution in [0.1, 0.15) is 34.1 Å². The molecule has 0 aliphatic rings. The molecule has 30 heavy (non-hydrogen) atoms. The molecule has 0 amide bonds. The zero-order valence-corrected chi connectivity index (χ0v) is 19.0. The van der Waals surface area contributed by atoms with Crippen molar-refractivity contribution >= 4 is 34.9 Å². The Balaban J connectivity index is 2.10. The predicted molar refractivity (Wildman–Crippen MR) is 124 cm³/mol. The van der Waals surface area contributed by atoms with E-state index < -0.39 is 9.85 Å². The van der Waals surface area contributed by atoms with Crippen molar-refractivity contribution in [3.63, 3.8) is 0 Å². The molecule has 158 valence electrons. The molecule has 0 unspecified atom stereocenters. The van der Waals surface area contributed by atoms with Crippen LogP contribution in [0.15, 0.2) is 80.3 Å². The van der Waals surface area contributed by atoms with Gasteiger partial charge in [0.15, 0.2) is 0 Å². The zero-order valence-electron chi connectivity index (χ0n) is 17.4. The quantitative estimate of drug-likeness (QED) is 0.225. The maximum atomic E-state index is 10.9. The Hall–Kier alpha value is -2.58. The van der Waals surface area contributed by atoms with E-state index in [9.17, 15) is 20.2 Å². The SMILES string of the molecule is C=C(Sc1ccc([N+](=O)[O-])cc1)C(C)(C)CC(Sc1ccc([N+](=O)[O-])cc1)=C(C)C. The maximum Gasteiger partial charge on any atom is 0.269 e. The van der Waals surface area contributed by atoms with E-state index >= 15 is 0 Å². The van der Waals surface area contributed by atoms with Crippen LogP contribution in [0.25, 0.3) is 0 Å². The number of hydrogen-bond acceptors (Lipinski definition) is 6. The molecular weight excluding hydrogens is 420 g/mol. The van der Waals surface area contributed by atoms with Crippen LogP contribution in [0.5, 0.6) is 0 Å². The van der Waals surface area contributed by atoms with Crippen LogP contribution in [0.2, 0.25) is 0 Å². The molecular formula is C22H24N2O4S2. The van der Waals surface area contributed by atoms with Gasteiger partial charge < -0.3 is 0 Å². The lowest BCUT2D eigenvalue weighted by molar-refractivity contribution is -0.385. The molecule has 0 saturated heterocycles. The van der Waals surface area contributed by atoms with Gasteiger partial charge in [-0.3, -0.25) is 20.2 Å². The summed E-state index contributed by atoms with van der Waals surface area (Å²) in [6.45, 7) is 12.6. The maximum absolute atomic E-state index is 10.9. The van der Waals surface area contributed by atoms with Gasteiger partial charge in [-0.15, -0.1) is 0 Å². The lowest BCUT2D eigenvalue weighted by atomic mass is 9.88. The van der Waals surface area contributed by atoms with Gasteiger partial charge in [-0.1, -0.05) is 49.5 Å². The van der Waals surface area contributed by atoms with E-state index in [0.29, 0.717) is 0 Å². The summed E-state index contributed by atoms with van der Waals surface area (Å²) in [7, 11) is 0. The van der Waals surface area contributed by atoms with Gasteiger partial charge in [-0.25, -0.2) is 0 Å². The molecule has 0 spiro atoms. The van der Waals surface area contributed by atoms with Gasteiger partial charge in [0.25, 0.3) is 11.4 Å². The van der Waals surface area contributed by atoms with Crippen molar-refractivity contribution in [1.29, 1.82) is 0 Å². The van der Waals surface area contributed by atoms with Crippen molar-refractivity contribution < 1.29 is 9.85 Å². The van der Waals surface area contributed by atoms with Crippen LogP contribution >= 0.6 is 23.5 Å². The molecule has 0 aromatic heterocycles. The number of hydrogen-bond donors (Lipinski definition) is 0. The summed E-state index contributed by atoms with van der Waals surface area (Å²) in [5.74, 6) is 0. The Morgan fingerprint density at radius 2 is 1.27 bits per heavy atom. The Bertz CT molecular complexity index is 977. The van der Waals surface area contributed by atoms with E-state index in [4.69, 9.17) is 0 Å². The van der Waals surface area contributed by atoms with Crippen molar-refractivity contribution in [2.75, 3.05) is 0 Å². The van der Waals surface area contributed by atoms with E-state index in [1.807, 2.05) is 0 Å². The highest BCUT2D eigenvalue weighted by Gasteiger charge is 2.25. The molecule has 2 aromatic carbocycles. The summed E-state index contributed by atoms with van der Waals surface area (Å²) in [6, 6.07) is 13.0. The van der Waals surface area contributed by atoms with Crippen molar-refractivity contribution in [3.05, 3.63) is 90.7 Å². The van der Waals surface area contributed by atoms with E-state index in [1.165, 1.54) is 46.5 Å². The van der Waals surface area contributed by atoms with Crippen LogP contribution in [-0.4, -0.2) is 9.85 Å². The molecule has 0 aliphatic heterocycles. The molecule has 6 nitrogen and oxygen atoms in total. The topological polar surface area (TPSA) is 86.3 Å². The van der Waals surface area contributed by atoms with Gasteiger partial charge >= 0.3 is 0 Å². The summed E-state index contributed by atoms with van der Waals surface area (Å²) < 4.78 is 0. The third-order valence-electron chi connectivity index (χ3n) is 4.49. The summed E-state index contributed by atoms with van der Waals surface area (Å²) in [4.78, 5) is 24.8. The minimum atomic E-state index is -0.413. The number of nitro benzene ring substituents is 2. The number of allylic oxidation sites excluding steroid dienone is 3. The summed E-state index contributed by atoms with van der Waals surface area (Å²) in [5, 5.41) is 21.7. The fourth-order valence-corrected chi connectivity index (χ4v) is 4.61. The molecule has 0 N–H and O–H groups in total. The van der Waals surface area contributed by atoms with Crippen molar-refractivity contribution in [2.24, 2.45) is 5.41 Å². The average molecular weight is 445 g/mol. The van der Waals surface area contributed by atoms with Crippen molar-refractivity contribution in [1.82, 2.24) is 0 Å². The minimum Gasteiger partial charge on any atom is -0.258 e. The summed E-state index contributed by atoms with van der Waals surface area (Å²) in [6.07, 6.45) is 0.760. The highest BCUT2D eigenvalue weighted by molar-refractivity contribution is 8.03. The van der Waals surface area contributed by atoms with Gasteiger partial charge in [0, 0.05) is 34.1 Å². The van der Waals surface area contributed by atoms with E-state index in [1.54, 1.807) is 36.0 Å². The van der Waals surface area contributed by atoms with Gasteiger partial charge in [-0.05, 0) is 59.8 Å². The number of thioether (sulfide) groups is 2. The number of benzene rings is 2. The predicted octanol–water partition coefficient (Wildman–Crippen LogP) is 7.61. The molecule has 0 aliphatic carbocycles. The highest BCUT2D eigenvalue weighted by Crippen LogP contribution is 2.46. The Morgan fingerprint density at radius 1 is 0.867 bits per heavy atom. The van der Waals surface area contributed by atoms with Gasteiger partial charge in [0.05, 0.1) is 9.85 Å². The third kappa shape index (κ3) is 6.47. The fourth-order valence-electron chi connectivity index (χ4n) is 2.51. The number of non-ortho nitro benzene ring substituents is 2. The lowest BCUT2D eigenvalue weighted by Gasteiger charge is -2.28. The Kier molecular flexibility index (Phi) is 7.86. The molecule has 8 heteroatoms. The molecule has 0 fully saturated rings. The number of nitrogens with zero attached hydrogens (tertiary/aromatic N) is 2. The molecule has 0 radical (unpaired) electrons. The van der Waals surface area contributed by atoms with Gasteiger partial charge in [0.2, 0.25) is 0 Å². The van der Waals surface area contributed by atoms with Crippen LogP contribution in [0.3, 0.4) is 0 Å². The molecule has 2 aromatic rings. The second-order valence-electron chi connectivity index (χ2n) is 7.61. The van der Waals surface area contributed by atoms with E-state index in [-0.39, 0.29) is 16.8 Å². The average Bonchev–Trinajstić information content (AvgIpc) is 2.68. The molecule has 0 saturated carbocycles. The Morgan fingerprint density at radius 3 is 1.63 bits per heavy atom. The van der Waals surface area contributed by atoms with Crippen LogP contribution < -0.4 is 0 Å². The first-order valence-corrected chi connectivity index (χ1v) is 10.8. The molecule has 2 rings (SSSR count). The third-order valence-corrected chi connectivity index (χ3v) is 7.11. The summed E-state index contributed by atoms with van der Waals surface area (Å²) >= 11 is 3.12. The normalized spacial score (nSPS) is 11.1. The first-order chi connectivity index (χ1) is 14.0. The minimum absolute atomic E-state index is 0.0653. The molecule has 0 bridgehead atoms. The Labute approximate surface area is 184 Å². The monoisotopic (exact) mass is 444 g/mol. The van der Waals surface area contributed by atoms with E-state index in [2.05, 4.69) is 34.3 Å². The van der Waals surface area contributed by atoms with Crippen molar-refractivity contribution in [3.8, 4) is 0 Å². The summed E-state index contributed by atoms with van der Waals surface area (Å²) in [5.41, 5.74) is 1.09. The largest absolute Gasteiger partial charge is 0.269 e. The molecule has 0 heterocycles. The fraction of sp³-hybridized carbons (Fsp3) is 0.273. The molecule has 0 atom stereocenters. The zero-order chi connectivity index (χ0) is 22.5. The van der Waals surface area contributed by atoms with Gasteiger partial charge in [0.1, 0.15) is 0 Å². The smallest absolute Gasteiger partial charge is 0.258 e. The first kappa shape index (κ1) is 23.7. The second-order valence-corrected chi connectivity index (χ2v) is 9.95. The number of nitro groups is 2. The highest BCUT2D eigenvalue weighted by atomic mass is 32.2.